The van der Waals surface area contributed by atoms with E-state index in [1.807, 2.05) is 0 Å². The van der Waals surface area contributed by atoms with Crippen LogP contribution in [0.1, 0.15) is 29.7 Å². The van der Waals surface area contributed by atoms with E-state index in [0.29, 0.717) is 11.1 Å². The molecule has 0 saturated heterocycles. The first kappa shape index (κ1) is 17.1. The first-order valence-electron chi connectivity index (χ1n) is 7.68. The van der Waals surface area contributed by atoms with Crippen molar-refractivity contribution in [2.75, 3.05) is 0 Å². The highest BCUT2D eigenvalue weighted by Crippen LogP contribution is 2.39. The Labute approximate surface area is 143 Å². The standard InChI is InChI=1S/C17H17F2N5O/c1-11-5-13(18)3-4-14(11)17(25,7-24-10-21-9-23-24)12(2)16-15(19)6-20-8-22-16/h3-6,8-10,12,25H,7H2,1-2H3/t12-,17+/m0/s1. The summed E-state index contributed by atoms with van der Waals surface area (Å²) < 4.78 is 29.2. The molecule has 2 aromatic heterocycles. The largest absolute Gasteiger partial charge is 0.383 e. The van der Waals surface area contributed by atoms with Crippen LogP contribution in [-0.4, -0.2) is 29.8 Å². The molecule has 25 heavy (non-hydrogen) atoms. The van der Waals surface area contributed by atoms with E-state index >= 15 is 0 Å². The second-order valence-corrected chi connectivity index (χ2v) is 5.95. The molecular weight excluding hydrogens is 328 g/mol. The third kappa shape index (κ3) is 3.25. The van der Waals surface area contributed by atoms with Gasteiger partial charge in [0.05, 0.1) is 18.4 Å². The van der Waals surface area contributed by atoms with Crippen molar-refractivity contribution in [1.82, 2.24) is 24.7 Å². The molecule has 0 aliphatic rings. The summed E-state index contributed by atoms with van der Waals surface area (Å²) >= 11 is 0. The molecule has 2 atom stereocenters. The van der Waals surface area contributed by atoms with Gasteiger partial charge in [0, 0.05) is 5.92 Å². The number of hydrogen-bond acceptors (Lipinski definition) is 5. The second kappa shape index (κ2) is 6.64. The Morgan fingerprint density at radius 1 is 1.24 bits per heavy atom. The zero-order valence-electron chi connectivity index (χ0n) is 13.8. The lowest BCUT2D eigenvalue weighted by Gasteiger charge is -2.35. The maximum Gasteiger partial charge on any atom is 0.163 e. The number of rotatable bonds is 5. The van der Waals surface area contributed by atoms with E-state index in [1.54, 1.807) is 13.8 Å². The van der Waals surface area contributed by atoms with Crippen LogP contribution in [0.2, 0.25) is 0 Å². The summed E-state index contributed by atoms with van der Waals surface area (Å²) in [5.41, 5.74) is -0.499. The van der Waals surface area contributed by atoms with Crippen LogP contribution < -0.4 is 0 Å². The molecule has 130 valence electrons. The van der Waals surface area contributed by atoms with E-state index in [0.717, 1.165) is 6.20 Å². The molecule has 0 bridgehead atoms. The SMILES string of the molecule is Cc1cc(F)ccc1[C@@](O)(Cn1cncn1)[C@@H](C)c1ncncc1F. The predicted molar refractivity (Wildman–Crippen MR) is 85.5 cm³/mol. The number of aryl methyl sites for hydroxylation is 1. The summed E-state index contributed by atoms with van der Waals surface area (Å²) in [5.74, 6) is -1.78. The monoisotopic (exact) mass is 345 g/mol. The fraction of sp³-hybridized carbons (Fsp3) is 0.294. The highest BCUT2D eigenvalue weighted by atomic mass is 19.1. The molecule has 0 spiro atoms. The molecule has 0 radical (unpaired) electrons. The molecule has 0 unspecified atom stereocenters. The van der Waals surface area contributed by atoms with Crippen LogP contribution in [0.5, 0.6) is 0 Å². The third-order valence-corrected chi connectivity index (χ3v) is 4.35. The maximum atomic E-state index is 14.2. The Morgan fingerprint density at radius 2 is 2.04 bits per heavy atom. The van der Waals surface area contributed by atoms with E-state index in [2.05, 4.69) is 20.1 Å². The molecule has 3 aromatic rings. The molecule has 1 N–H and O–H groups in total. The van der Waals surface area contributed by atoms with Crippen LogP contribution in [0, 0.1) is 18.6 Å². The number of halogens is 2. The number of benzene rings is 1. The van der Waals surface area contributed by atoms with Gasteiger partial charge in [0.1, 0.15) is 30.4 Å². The summed E-state index contributed by atoms with van der Waals surface area (Å²) in [6, 6.07) is 4.08. The Morgan fingerprint density at radius 3 is 2.68 bits per heavy atom. The quantitative estimate of drug-likeness (QED) is 0.768. The smallest absolute Gasteiger partial charge is 0.163 e. The van der Waals surface area contributed by atoms with Gasteiger partial charge >= 0.3 is 0 Å². The van der Waals surface area contributed by atoms with Crippen molar-refractivity contribution >= 4 is 0 Å². The molecule has 6 nitrogen and oxygen atoms in total. The van der Waals surface area contributed by atoms with E-state index in [4.69, 9.17) is 0 Å². The first-order valence-corrected chi connectivity index (χ1v) is 7.68. The lowest BCUT2D eigenvalue weighted by molar-refractivity contribution is -0.0108. The van der Waals surface area contributed by atoms with Crippen molar-refractivity contribution < 1.29 is 13.9 Å². The summed E-state index contributed by atoms with van der Waals surface area (Å²) in [4.78, 5) is 11.5. The van der Waals surface area contributed by atoms with E-state index in [-0.39, 0.29) is 12.2 Å². The fourth-order valence-corrected chi connectivity index (χ4v) is 3.00. The van der Waals surface area contributed by atoms with Gasteiger partial charge in [0.25, 0.3) is 0 Å². The molecular formula is C17H17F2N5O. The van der Waals surface area contributed by atoms with Crippen molar-refractivity contribution in [2.24, 2.45) is 0 Å². The minimum Gasteiger partial charge on any atom is -0.383 e. The Balaban J connectivity index is 2.13. The molecule has 0 amide bonds. The molecule has 3 rings (SSSR count). The summed E-state index contributed by atoms with van der Waals surface area (Å²) in [6.45, 7) is 3.35. The third-order valence-electron chi connectivity index (χ3n) is 4.35. The number of aromatic nitrogens is 5. The Bertz CT molecular complexity index is 871. The van der Waals surface area contributed by atoms with Gasteiger partial charge in [-0.25, -0.2) is 28.4 Å². The van der Waals surface area contributed by atoms with Crippen LogP contribution in [0.3, 0.4) is 0 Å². The normalized spacial score (nSPS) is 14.9. The van der Waals surface area contributed by atoms with Crippen molar-refractivity contribution in [3.63, 3.8) is 0 Å². The summed E-state index contributed by atoms with van der Waals surface area (Å²) in [7, 11) is 0. The number of aliphatic hydroxyl groups is 1. The van der Waals surface area contributed by atoms with E-state index in [9.17, 15) is 13.9 Å². The molecule has 0 aliphatic heterocycles. The van der Waals surface area contributed by atoms with E-state index < -0.39 is 23.2 Å². The highest BCUT2D eigenvalue weighted by Gasteiger charge is 2.40. The molecule has 1 aromatic carbocycles. The van der Waals surface area contributed by atoms with Crippen LogP contribution >= 0.6 is 0 Å². The van der Waals surface area contributed by atoms with Gasteiger partial charge in [0.2, 0.25) is 0 Å². The minimum absolute atomic E-state index is 0.00405. The van der Waals surface area contributed by atoms with E-state index in [1.165, 1.54) is 41.9 Å². The Kier molecular flexibility index (Phi) is 4.54. The second-order valence-electron chi connectivity index (χ2n) is 5.95. The van der Waals surface area contributed by atoms with Gasteiger partial charge in [-0.1, -0.05) is 13.0 Å². The zero-order valence-corrected chi connectivity index (χ0v) is 13.8. The highest BCUT2D eigenvalue weighted by molar-refractivity contribution is 5.35. The van der Waals surface area contributed by atoms with Gasteiger partial charge in [-0.05, 0) is 30.2 Å². The minimum atomic E-state index is -1.58. The molecule has 8 heteroatoms. The molecule has 0 saturated carbocycles. The van der Waals surface area contributed by atoms with Crippen molar-refractivity contribution in [3.8, 4) is 0 Å². The van der Waals surface area contributed by atoms with Crippen LogP contribution in [-0.2, 0) is 12.1 Å². The zero-order chi connectivity index (χ0) is 18.0. The van der Waals surface area contributed by atoms with Crippen LogP contribution in [0.25, 0.3) is 0 Å². The van der Waals surface area contributed by atoms with Gasteiger partial charge in [-0.2, -0.15) is 5.10 Å². The van der Waals surface area contributed by atoms with Gasteiger partial charge in [0.15, 0.2) is 5.82 Å². The van der Waals surface area contributed by atoms with Crippen molar-refractivity contribution in [3.05, 3.63) is 71.8 Å². The maximum absolute atomic E-state index is 14.2. The van der Waals surface area contributed by atoms with Crippen molar-refractivity contribution in [2.45, 2.75) is 31.9 Å². The predicted octanol–water partition coefficient (Wildman–Crippen LogP) is 2.35. The fourth-order valence-electron chi connectivity index (χ4n) is 3.00. The van der Waals surface area contributed by atoms with Gasteiger partial charge in [-0.3, -0.25) is 0 Å². The summed E-state index contributed by atoms with van der Waals surface area (Å²) in [6.07, 6.45) is 5.06. The van der Waals surface area contributed by atoms with Gasteiger partial charge in [-0.15, -0.1) is 0 Å². The van der Waals surface area contributed by atoms with Crippen LogP contribution in [0.4, 0.5) is 8.78 Å². The Hall–Kier alpha value is -2.74. The molecule has 0 fully saturated rings. The van der Waals surface area contributed by atoms with Crippen molar-refractivity contribution in [1.29, 1.82) is 0 Å². The number of hydrogen-bond donors (Lipinski definition) is 1. The average molecular weight is 345 g/mol. The molecule has 2 heterocycles. The summed E-state index contributed by atoms with van der Waals surface area (Å²) in [5, 5.41) is 15.6. The first-order chi connectivity index (χ1) is 11.9. The lowest BCUT2D eigenvalue weighted by Crippen LogP contribution is -2.38. The topological polar surface area (TPSA) is 76.7 Å². The van der Waals surface area contributed by atoms with Gasteiger partial charge < -0.3 is 5.11 Å². The number of nitrogens with zero attached hydrogens (tertiary/aromatic N) is 5. The lowest BCUT2D eigenvalue weighted by atomic mass is 9.78. The van der Waals surface area contributed by atoms with Crippen LogP contribution in [0.15, 0.2) is 43.4 Å². The average Bonchev–Trinajstić information content (AvgIpc) is 3.07. The molecule has 0 aliphatic carbocycles.